The Labute approximate surface area is 122 Å². The van der Waals surface area contributed by atoms with E-state index >= 15 is 0 Å². The van der Waals surface area contributed by atoms with Gasteiger partial charge >= 0.3 is 6.03 Å². The summed E-state index contributed by atoms with van der Waals surface area (Å²) in [6.45, 7) is 5.05. The molecule has 0 unspecified atom stereocenters. The first-order chi connectivity index (χ1) is 9.61. The molecule has 3 amide bonds. The molecule has 0 spiro atoms. The molecular weight excluding hydrogens is 278 g/mol. The van der Waals surface area contributed by atoms with Gasteiger partial charge in [0.15, 0.2) is 0 Å². The molecule has 1 fully saturated rings. The first-order valence-corrected chi connectivity index (χ1v) is 6.69. The molecule has 2 rings (SSSR count). The van der Waals surface area contributed by atoms with Gasteiger partial charge in [-0.3, -0.25) is 9.69 Å². The molecular formula is C14H16ClN3O2. The summed E-state index contributed by atoms with van der Waals surface area (Å²) in [6, 6.07) is 6.93. The van der Waals surface area contributed by atoms with Gasteiger partial charge in [0.25, 0.3) is 0 Å². The predicted molar refractivity (Wildman–Crippen MR) is 79.0 cm³/mol. The fourth-order valence-electron chi connectivity index (χ4n) is 2.03. The van der Waals surface area contributed by atoms with Crippen LogP contribution in [0.4, 0.5) is 10.5 Å². The Kier molecular flexibility index (Phi) is 4.63. The Hall–Kier alpha value is -2.01. The van der Waals surface area contributed by atoms with E-state index in [1.807, 2.05) is 6.07 Å². The van der Waals surface area contributed by atoms with Crippen molar-refractivity contribution in [2.24, 2.45) is 0 Å². The van der Waals surface area contributed by atoms with Gasteiger partial charge in [0, 0.05) is 30.3 Å². The minimum absolute atomic E-state index is 0.0593. The molecule has 1 N–H and O–H groups in total. The summed E-state index contributed by atoms with van der Waals surface area (Å²) in [5.74, 6) is -0.189. The van der Waals surface area contributed by atoms with Crippen molar-refractivity contribution in [2.75, 3.05) is 31.1 Å². The van der Waals surface area contributed by atoms with Crippen LogP contribution in [0.15, 0.2) is 36.9 Å². The lowest BCUT2D eigenvalue weighted by Gasteiger charge is -2.18. The van der Waals surface area contributed by atoms with Crippen molar-refractivity contribution in [1.29, 1.82) is 0 Å². The Morgan fingerprint density at radius 1 is 1.45 bits per heavy atom. The number of benzene rings is 1. The number of nitrogens with zero attached hydrogens (tertiary/aromatic N) is 2. The maximum absolute atomic E-state index is 12.2. The van der Waals surface area contributed by atoms with E-state index in [9.17, 15) is 9.59 Å². The van der Waals surface area contributed by atoms with Crippen LogP contribution >= 0.6 is 11.6 Å². The second kappa shape index (κ2) is 6.43. The lowest BCUT2D eigenvalue weighted by molar-refractivity contribution is -0.121. The summed E-state index contributed by atoms with van der Waals surface area (Å²) in [5.41, 5.74) is 0.747. The highest BCUT2D eigenvalue weighted by atomic mass is 35.5. The zero-order valence-electron chi connectivity index (χ0n) is 11.0. The first-order valence-electron chi connectivity index (χ1n) is 6.31. The van der Waals surface area contributed by atoms with Gasteiger partial charge in [-0.15, -0.1) is 6.58 Å². The molecule has 0 bridgehead atoms. The number of carbonyl (C=O) groups excluding carboxylic acids is 2. The maximum Gasteiger partial charge on any atom is 0.325 e. The van der Waals surface area contributed by atoms with Crippen LogP contribution in [0.1, 0.15) is 0 Å². The van der Waals surface area contributed by atoms with E-state index in [4.69, 9.17) is 11.6 Å². The third-order valence-electron chi connectivity index (χ3n) is 2.99. The maximum atomic E-state index is 12.2. The molecule has 1 aliphatic rings. The summed E-state index contributed by atoms with van der Waals surface area (Å²) in [4.78, 5) is 27.0. The van der Waals surface area contributed by atoms with Crippen molar-refractivity contribution in [3.05, 3.63) is 41.9 Å². The molecule has 1 aliphatic heterocycles. The molecule has 0 aliphatic carbocycles. The normalized spacial score (nSPS) is 14.6. The van der Waals surface area contributed by atoms with Crippen molar-refractivity contribution >= 4 is 29.2 Å². The zero-order valence-corrected chi connectivity index (χ0v) is 11.8. The van der Waals surface area contributed by atoms with E-state index in [2.05, 4.69) is 11.9 Å². The molecule has 1 aromatic carbocycles. The molecule has 1 saturated heterocycles. The topological polar surface area (TPSA) is 52.7 Å². The van der Waals surface area contributed by atoms with Crippen LogP contribution in [-0.4, -0.2) is 43.0 Å². The van der Waals surface area contributed by atoms with Crippen LogP contribution in [0.3, 0.4) is 0 Å². The minimum atomic E-state index is -0.189. The Morgan fingerprint density at radius 3 is 2.95 bits per heavy atom. The molecule has 1 aromatic rings. The van der Waals surface area contributed by atoms with Crippen LogP contribution in [0.5, 0.6) is 0 Å². The van der Waals surface area contributed by atoms with Gasteiger partial charge in [-0.05, 0) is 18.2 Å². The summed E-state index contributed by atoms with van der Waals surface area (Å²) < 4.78 is 0. The van der Waals surface area contributed by atoms with Crippen molar-refractivity contribution in [3.8, 4) is 0 Å². The smallest absolute Gasteiger partial charge is 0.325 e. The number of nitrogens with one attached hydrogen (secondary N) is 1. The van der Waals surface area contributed by atoms with E-state index in [0.717, 1.165) is 5.69 Å². The van der Waals surface area contributed by atoms with E-state index < -0.39 is 0 Å². The molecule has 106 valence electrons. The average Bonchev–Trinajstić information content (AvgIpc) is 2.78. The van der Waals surface area contributed by atoms with Gasteiger partial charge in [-0.25, -0.2) is 4.79 Å². The van der Waals surface area contributed by atoms with Gasteiger partial charge in [-0.2, -0.15) is 0 Å². The number of urea groups is 1. The summed E-state index contributed by atoms with van der Waals surface area (Å²) in [7, 11) is 0. The van der Waals surface area contributed by atoms with E-state index in [1.165, 1.54) is 4.90 Å². The van der Waals surface area contributed by atoms with Gasteiger partial charge < -0.3 is 10.2 Å². The second-order valence-electron chi connectivity index (χ2n) is 4.43. The molecule has 1 heterocycles. The van der Waals surface area contributed by atoms with Crippen LogP contribution in [0.25, 0.3) is 0 Å². The third kappa shape index (κ3) is 3.30. The van der Waals surface area contributed by atoms with Gasteiger partial charge in [0.05, 0.1) is 0 Å². The van der Waals surface area contributed by atoms with Crippen LogP contribution in [-0.2, 0) is 4.79 Å². The number of amides is 3. The molecule has 6 heteroatoms. The monoisotopic (exact) mass is 293 g/mol. The molecule has 0 atom stereocenters. The number of anilines is 1. The number of hydrogen-bond donors (Lipinski definition) is 1. The van der Waals surface area contributed by atoms with Gasteiger partial charge in [0.2, 0.25) is 5.91 Å². The Morgan fingerprint density at radius 2 is 2.25 bits per heavy atom. The Balaban J connectivity index is 1.99. The van der Waals surface area contributed by atoms with Crippen LogP contribution < -0.4 is 10.2 Å². The van der Waals surface area contributed by atoms with Gasteiger partial charge in [-0.1, -0.05) is 23.7 Å². The quantitative estimate of drug-likeness (QED) is 0.843. The number of halogens is 1. The largest absolute Gasteiger partial charge is 0.351 e. The van der Waals surface area contributed by atoms with E-state index in [1.54, 1.807) is 29.2 Å². The van der Waals surface area contributed by atoms with E-state index in [-0.39, 0.29) is 18.5 Å². The number of hydrogen-bond acceptors (Lipinski definition) is 2. The highest BCUT2D eigenvalue weighted by Gasteiger charge is 2.30. The summed E-state index contributed by atoms with van der Waals surface area (Å²) >= 11 is 5.92. The van der Waals surface area contributed by atoms with Crippen molar-refractivity contribution in [3.63, 3.8) is 0 Å². The van der Waals surface area contributed by atoms with Crippen molar-refractivity contribution in [2.45, 2.75) is 0 Å². The Bertz CT molecular complexity index is 533. The first kappa shape index (κ1) is 14.4. The molecule has 20 heavy (non-hydrogen) atoms. The standard InChI is InChI=1S/C14H16ClN3O2/c1-2-6-16-13(19)10-17-7-8-18(14(17)20)12-5-3-4-11(15)9-12/h2-5,9H,1,6-8,10H2,(H,16,19). The average molecular weight is 294 g/mol. The summed E-state index contributed by atoms with van der Waals surface area (Å²) in [5, 5.41) is 3.23. The SMILES string of the molecule is C=CCNC(=O)CN1CCN(c2cccc(Cl)c2)C1=O. The predicted octanol–water partition coefficient (Wildman–Crippen LogP) is 1.88. The molecule has 0 saturated carbocycles. The fraction of sp³-hybridized carbons (Fsp3) is 0.286. The minimum Gasteiger partial charge on any atom is -0.351 e. The van der Waals surface area contributed by atoms with Crippen LogP contribution in [0.2, 0.25) is 5.02 Å². The van der Waals surface area contributed by atoms with Crippen molar-refractivity contribution < 1.29 is 9.59 Å². The molecule has 0 aromatic heterocycles. The molecule has 0 radical (unpaired) electrons. The lowest BCUT2D eigenvalue weighted by Crippen LogP contribution is -2.40. The zero-order chi connectivity index (χ0) is 14.5. The van der Waals surface area contributed by atoms with Gasteiger partial charge in [0.1, 0.15) is 6.54 Å². The van der Waals surface area contributed by atoms with E-state index in [0.29, 0.717) is 24.7 Å². The summed E-state index contributed by atoms with van der Waals surface area (Å²) in [6.07, 6.45) is 1.60. The second-order valence-corrected chi connectivity index (χ2v) is 4.86. The lowest BCUT2D eigenvalue weighted by atomic mass is 10.3. The molecule has 5 nitrogen and oxygen atoms in total. The highest BCUT2D eigenvalue weighted by Crippen LogP contribution is 2.23. The number of carbonyl (C=O) groups is 2. The third-order valence-corrected chi connectivity index (χ3v) is 3.23. The van der Waals surface area contributed by atoms with Crippen molar-refractivity contribution in [1.82, 2.24) is 10.2 Å². The highest BCUT2D eigenvalue weighted by molar-refractivity contribution is 6.30. The fourth-order valence-corrected chi connectivity index (χ4v) is 2.21. The van der Waals surface area contributed by atoms with Crippen LogP contribution in [0, 0.1) is 0 Å². The number of rotatable bonds is 5.